The maximum absolute atomic E-state index is 5.34. The molecule has 2 aromatic rings. The van der Waals surface area contributed by atoms with Gasteiger partial charge in [0.05, 0.1) is 6.21 Å². The van der Waals surface area contributed by atoms with Crippen LogP contribution in [0, 0.1) is 20.8 Å². The first-order valence-electron chi connectivity index (χ1n) is 8.89. The second-order valence-electron chi connectivity index (χ2n) is 6.61. The number of hydrogen-bond acceptors (Lipinski definition) is 3. The molecule has 0 amide bonds. The van der Waals surface area contributed by atoms with Crippen molar-refractivity contribution in [2.75, 3.05) is 23.8 Å². The number of aryl methyl sites for hydroxylation is 3. The van der Waals surface area contributed by atoms with Gasteiger partial charge in [0.1, 0.15) is 0 Å². The molecule has 0 unspecified atom stereocenters. The second-order valence-corrected chi connectivity index (χ2v) is 7.02. The van der Waals surface area contributed by atoms with Gasteiger partial charge in [0.25, 0.3) is 0 Å². The van der Waals surface area contributed by atoms with Crippen molar-refractivity contribution in [1.29, 1.82) is 0 Å². The van der Waals surface area contributed by atoms with Gasteiger partial charge >= 0.3 is 0 Å². The topological polar surface area (TPSA) is 39.7 Å². The highest BCUT2D eigenvalue weighted by Crippen LogP contribution is 2.21. The molecule has 0 aromatic heterocycles. The maximum Gasteiger partial charge on any atom is 0.191 e. The van der Waals surface area contributed by atoms with Crippen LogP contribution in [0.4, 0.5) is 11.4 Å². The molecule has 0 aliphatic rings. The SMILES string of the molecule is CCCN(C)c1ccc(/C=N/NC(=S)Nc2c(C)cc(C)cc2C)cc1. The molecule has 2 rings (SSSR count). The number of hydrazone groups is 1. The molecule has 0 aliphatic carbocycles. The molecule has 2 N–H and O–H groups in total. The minimum Gasteiger partial charge on any atom is -0.375 e. The Balaban J connectivity index is 1.93. The highest BCUT2D eigenvalue weighted by molar-refractivity contribution is 7.80. The van der Waals surface area contributed by atoms with Gasteiger partial charge in [-0.25, -0.2) is 0 Å². The summed E-state index contributed by atoms with van der Waals surface area (Å²) in [7, 11) is 2.10. The summed E-state index contributed by atoms with van der Waals surface area (Å²) in [6.45, 7) is 9.47. The van der Waals surface area contributed by atoms with Crippen LogP contribution in [0.1, 0.15) is 35.6 Å². The van der Waals surface area contributed by atoms with E-state index in [1.54, 1.807) is 6.21 Å². The van der Waals surface area contributed by atoms with Crippen LogP contribution >= 0.6 is 12.2 Å². The van der Waals surface area contributed by atoms with Crippen LogP contribution in [-0.2, 0) is 0 Å². The molecule has 0 radical (unpaired) electrons. The van der Waals surface area contributed by atoms with Gasteiger partial charge in [0.2, 0.25) is 0 Å². The Morgan fingerprint density at radius 1 is 1.12 bits per heavy atom. The predicted molar refractivity (Wildman–Crippen MR) is 118 cm³/mol. The van der Waals surface area contributed by atoms with Crippen molar-refractivity contribution in [3.05, 3.63) is 58.7 Å². The average molecular weight is 369 g/mol. The number of rotatable bonds is 6. The highest BCUT2D eigenvalue weighted by Gasteiger charge is 2.05. The molecule has 4 nitrogen and oxygen atoms in total. The van der Waals surface area contributed by atoms with E-state index in [1.165, 1.54) is 22.4 Å². The third kappa shape index (κ3) is 5.56. The van der Waals surface area contributed by atoms with Crippen molar-refractivity contribution in [3.63, 3.8) is 0 Å². The molecule has 0 saturated carbocycles. The van der Waals surface area contributed by atoms with E-state index < -0.39 is 0 Å². The minimum atomic E-state index is 0.482. The van der Waals surface area contributed by atoms with E-state index in [9.17, 15) is 0 Å². The lowest BCUT2D eigenvalue weighted by Crippen LogP contribution is -2.24. The molecule has 0 aliphatic heterocycles. The first-order valence-corrected chi connectivity index (χ1v) is 9.30. The fraction of sp³-hybridized carbons (Fsp3) is 0.333. The van der Waals surface area contributed by atoms with Gasteiger partial charge in [0.15, 0.2) is 5.11 Å². The highest BCUT2D eigenvalue weighted by atomic mass is 32.1. The largest absolute Gasteiger partial charge is 0.375 e. The molecule has 0 heterocycles. The van der Waals surface area contributed by atoms with Gasteiger partial charge in [-0.3, -0.25) is 5.43 Å². The van der Waals surface area contributed by atoms with Gasteiger partial charge in [-0.1, -0.05) is 36.8 Å². The summed E-state index contributed by atoms with van der Waals surface area (Å²) >= 11 is 5.34. The summed E-state index contributed by atoms with van der Waals surface area (Å²) < 4.78 is 0. The van der Waals surface area contributed by atoms with Crippen molar-refractivity contribution < 1.29 is 0 Å². The van der Waals surface area contributed by atoms with Gasteiger partial charge in [-0.05, 0) is 68.2 Å². The zero-order chi connectivity index (χ0) is 19.1. The van der Waals surface area contributed by atoms with Crippen LogP contribution in [0.3, 0.4) is 0 Å². The normalized spacial score (nSPS) is 10.8. The van der Waals surface area contributed by atoms with Crippen molar-refractivity contribution in [2.45, 2.75) is 34.1 Å². The Morgan fingerprint density at radius 3 is 2.31 bits per heavy atom. The third-order valence-electron chi connectivity index (χ3n) is 4.19. The predicted octanol–water partition coefficient (Wildman–Crippen LogP) is 4.78. The van der Waals surface area contributed by atoms with E-state index in [2.05, 4.69) is 91.9 Å². The Bertz CT molecular complexity index is 758. The molecule has 0 atom stereocenters. The van der Waals surface area contributed by atoms with E-state index in [0.717, 1.165) is 24.2 Å². The zero-order valence-corrected chi connectivity index (χ0v) is 17.1. The third-order valence-corrected chi connectivity index (χ3v) is 4.38. The summed E-state index contributed by atoms with van der Waals surface area (Å²) in [4.78, 5) is 2.24. The molecule has 0 fully saturated rings. The summed E-state index contributed by atoms with van der Waals surface area (Å²) in [6, 6.07) is 12.6. The smallest absolute Gasteiger partial charge is 0.191 e. The van der Waals surface area contributed by atoms with Crippen LogP contribution in [-0.4, -0.2) is 24.9 Å². The van der Waals surface area contributed by atoms with E-state index in [0.29, 0.717) is 5.11 Å². The molecule has 138 valence electrons. The minimum absolute atomic E-state index is 0.482. The second kappa shape index (κ2) is 9.34. The van der Waals surface area contributed by atoms with Crippen LogP contribution in [0.5, 0.6) is 0 Å². The lowest BCUT2D eigenvalue weighted by molar-refractivity contribution is 0.852. The number of nitrogens with zero attached hydrogens (tertiary/aromatic N) is 2. The van der Waals surface area contributed by atoms with Gasteiger partial charge < -0.3 is 10.2 Å². The Hall–Kier alpha value is -2.40. The number of hydrogen-bond donors (Lipinski definition) is 2. The van der Waals surface area contributed by atoms with E-state index in [4.69, 9.17) is 12.2 Å². The number of anilines is 2. The Kier molecular flexibility index (Phi) is 7.16. The lowest BCUT2D eigenvalue weighted by atomic mass is 10.1. The van der Waals surface area contributed by atoms with Crippen molar-refractivity contribution in [2.24, 2.45) is 5.10 Å². The van der Waals surface area contributed by atoms with Gasteiger partial charge in [-0.2, -0.15) is 5.10 Å². The quantitative estimate of drug-likeness (QED) is 0.437. The summed E-state index contributed by atoms with van der Waals surface area (Å²) in [5.74, 6) is 0. The van der Waals surface area contributed by atoms with E-state index >= 15 is 0 Å². The van der Waals surface area contributed by atoms with E-state index in [-0.39, 0.29) is 0 Å². The molecule has 0 spiro atoms. The fourth-order valence-corrected chi connectivity index (χ4v) is 3.12. The van der Waals surface area contributed by atoms with Crippen LogP contribution in [0.15, 0.2) is 41.5 Å². The molecule has 5 heteroatoms. The molecular formula is C21H28N4S. The van der Waals surface area contributed by atoms with Gasteiger partial charge in [0, 0.05) is 25.0 Å². The number of benzene rings is 2. The Morgan fingerprint density at radius 2 is 1.73 bits per heavy atom. The first-order chi connectivity index (χ1) is 12.4. The zero-order valence-electron chi connectivity index (χ0n) is 16.3. The number of nitrogens with one attached hydrogen (secondary N) is 2. The summed E-state index contributed by atoms with van der Waals surface area (Å²) in [5, 5.41) is 7.95. The monoisotopic (exact) mass is 368 g/mol. The standard InChI is InChI=1S/C21H28N4S/c1-6-11-25(5)19-9-7-18(8-10-19)14-22-24-21(26)23-20-16(3)12-15(2)13-17(20)4/h7-10,12-14H,6,11H2,1-5H3,(H2,23,24,26)/b22-14+. The van der Waals surface area contributed by atoms with E-state index in [1.807, 2.05) is 0 Å². The summed E-state index contributed by atoms with van der Waals surface area (Å²) in [6.07, 6.45) is 2.90. The molecule has 0 bridgehead atoms. The van der Waals surface area contributed by atoms with Crippen molar-refractivity contribution in [3.8, 4) is 0 Å². The van der Waals surface area contributed by atoms with Crippen LogP contribution < -0.4 is 15.6 Å². The Labute approximate surface area is 162 Å². The molecule has 0 saturated heterocycles. The first kappa shape index (κ1) is 19.9. The summed E-state index contributed by atoms with van der Waals surface area (Å²) in [5.41, 5.74) is 9.74. The van der Waals surface area contributed by atoms with Crippen LogP contribution in [0.25, 0.3) is 0 Å². The molecule has 2 aromatic carbocycles. The maximum atomic E-state index is 5.34. The van der Waals surface area contributed by atoms with Crippen LogP contribution in [0.2, 0.25) is 0 Å². The fourth-order valence-electron chi connectivity index (χ4n) is 2.96. The van der Waals surface area contributed by atoms with Gasteiger partial charge in [-0.15, -0.1) is 0 Å². The lowest BCUT2D eigenvalue weighted by Gasteiger charge is -2.18. The number of thiocarbonyl (C=S) groups is 1. The molecule has 26 heavy (non-hydrogen) atoms. The average Bonchev–Trinajstić information content (AvgIpc) is 2.59. The van der Waals surface area contributed by atoms with Crippen molar-refractivity contribution in [1.82, 2.24) is 5.43 Å². The van der Waals surface area contributed by atoms with Crippen molar-refractivity contribution >= 4 is 34.9 Å². The molecular weight excluding hydrogens is 340 g/mol.